The Kier molecular flexibility index (Phi) is 4.96. The molecule has 1 amide bonds. The van der Waals surface area contributed by atoms with Crippen LogP contribution < -0.4 is 11.1 Å². The zero-order valence-electron chi connectivity index (χ0n) is 11.8. The molecule has 0 fully saturated rings. The van der Waals surface area contributed by atoms with Crippen molar-refractivity contribution in [2.45, 2.75) is 32.5 Å². The summed E-state index contributed by atoms with van der Waals surface area (Å²) in [5.41, 5.74) is 8.13. The molecule has 0 aliphatic heterocycles. The molecule has 4 nitrogen and oxygen atoms in total. The summed E-state index contributed by atoms with van der Waals surface area (Å²) in [5, 5.41) is 2.91. The van der Waals surface area contributed by atoms with E-state index in [1.807, 2.05) is 53.4 Å². The van der Waals surface area contributed by atoms with E-state index in [2.05, 4.69) is 12.2 Å². The fourth-order valence-electron chi connectivity index (χ4n) is 2.03. The molecule has 0 aliphatic rings. The van der Waals surface area contributed by atoms with Crippen molar-refractivity contribution in [1.29, 1.82) is 0 Å². The number of hydrogen-bond acceptors (Lipinski definition) is 2. The maximum Gasteiger partial charge on any atom is 0.240 e. The molecule has 0 aliphatic carbocycles. The molecule has 2 rings (SSSR count). The van der Waals surface area contributed by atoms with Gasteiger partial charge in [0.15, 0.2) is 0 Å². The predicted octanol–water partition coefficient (Wildman–Crippen LogP) is 2.21. The quantitative estimate of drug-likeness (QED) is 0.846. The van der Waals surface area contributed by atoms with Crippen molar-refractivity contribution in [3.05, 3.63) is 59.9 Å². The predicted molar refractivity (Wildman–Crippen MR) is 79.9 cm³/mol. The van der Waals surface area contributed by atoms with Gasteiger partial charge in [-0.3, -0.25) is 4.79 Å². The molecule has 1 heterocycles. The van der Waals surface area contributed by atoms with E-state index in [1.165, 1.54) is 0 Å². The normalized spacial score (nSPS) is 12.1. The number of carbonyl (C=O) groups is 1. The zero-order valence-corrected chi connectivity index (χ0v) is 11.8. The van der Waals surface area contributed by atoms with Crippen LogP contribution in [0.1, 0.15) is 30.5 Å². The fourth-order valence-corrected chi connectivity index (χ4v) is 2.03. The van der Waals surface area contributed by atoms with Gasteiger partial charge in [0.05, 0.1) is 0 Å². The second kappa shape index (κ2) is 6.91. The number of rotatable bonds is 6. The first-order chi connectivity index (χ1) is 9.69. The average molecular weight is 271 g/mol. The Balaban J connectivity index is 1.84. The topological polar surface area (TPSA) is 60.0 Å². The van der Waals surface area contributed by atoms with Gasteiger partial charge in [-0.1, -0.05) is 37.3 Å². The first-order valence-electron chi connectivity index (χ1n) is 6.91. The molecule has 4 heteroatoms. The van der Waals surface area contributed by atoms with Crippen LogP contribution in [0.2, 0.25) is 0 Å². The first-order valence-corrected chi connectivity index (χ1v) is 6.91. The zero-order chi connectivity index (χ0) is 14.4. The van der Waals surface area contributed by atoms with Gasteiger partial charge in [-0.15, -0.1) is 0 Å². The number of nitrogens with zero attached hydrogens (tertiary/aromatic N) is 1. The number of carbonyl (C=O) groups excluding carboxylic acids is 1. The number of aromatic nitrogens is 1. The van der Waals surface area contributed by atoms with Gasteiger partial charge in [0.2, 0.25) is 5.91 Å². The molecule has 1 atom stereocenters. The summed E-state index contributed by atoms with van der Waals surface area (Å²) in [6.45, 7) is 2.93. The maximum atomic E-state index is 11.9. The fraction of sp³-hybridized carbons (Fsp3) is 0.312. The largest absolute Gasteiger partial charge is 0.350 e. The van der Waals surface area contributed by atoms with E-state index in [0.717, 1.165) is 17.5 Å². The number of hydrogen-bond donors (Lipinski definition) is 2. The molecule has 0 spiro atoms. The van der Waals surface area contributed by atoms with E-state index in [0.29, 0.717) is 13.1 Å². The van der Waals surface area contributed by atoms with Crippen LogP contribution in [0.5, 0.6) is 0 Å². The summed E-state index contributed by atoms with van der Waals surface area (Å²) in [6, 6.07) is 11.9. The molecule has 2 aromatic rings. The van der Waals surface area contributed by atoms with E-state index in [1.54, 1.807) is 0 Å². The number of nitrogens with one attached hydrogen (secondary N) is 1. The highest BCUT2D eigenvalue weighted by Crippen LogP contribution is 2.13. The van der Waals surface area contributed by atoms with Crippen LogP contribution >= 0.6 is 0 Å². The van der Waals surface area contributed by atoms with E-state index in [9.17, 15) is 4.79 Å². The lowest BCUT2D eigenvalue weighted by atomic mass is 10.1. The smallest absolute Gasteiger partial charge is 0.240 e. The Bertz CT molecular complexity index is 548. The van der Waals surface area contributed by atoms with Crippen molar-refractivity contribution in [1.82, 2.24) is 9.88 Å². The summed E-state index contributed by atoms with van der Waals surface area (Å²) in [6.07, 6.45) is 4.73. The van der Waals surface area contributed by atoms with Crippen LogP contribution in [0.4, 0.5) is 0 Å². The van der Waals surface area contributed by atoms with Crippen molar-refractivity contribution in [2.75, 3.05) is 0 Å². The first kappa shape index (κ1) is 14.3. The van der Waals surface area contributed by atoms with Gasteiger partial charge in [0, 0.05) is 25.0 Å². The summed E-state index contributed by atoms with van der Waals surface area (Å²) in [7, 11) is 0. The van der Waals surface area contributed by atoms with E-state index >= 15 is 0 Å². The van der Waals surface area contributed by atoms with Crippen LogP contribution in [0.15, 0.2) is 48.8 Å². The monoisotopic (exact) mass is 271 g/mol. The third kappa shape index (κ3) is 3.96. The molecule has 1 unspecified atom stereocenters. The van der Waals surface area contributed by atoms with Gasteiger partial charge in [0.25, 0.3) is 0 Å². The Morgan fingerprint density at radius 2 is 2.05 bits per heavy atom. The van der Waals surface area contributed by atoms with Crippen molar-refractivity contribution in [3.8, 4) is 0 Å². The van der Waals surface area contributed by atoms with Gasteiger partial charge < -0.3 is 15.6 Å². The highest BCUT2D eigenvalue weighted by Gasteiger charge is 2.07. The molecule has 0 saturated heterocycles. The molecule has 1 aromatic heterocycles. The third-order valence-corrected chi connectivity index (χ3v) is 3.30. The Morgan fingerprint density at radius 3 is 2.75 bits per heavy atom. The van der Waals surface area contributed by atoms with Gasteiger partial charge >= 0.3 is 0 Å². The van der Waals surface area contributed by atoms with Crippen LogP contribution in [-0.4, -0.2) is 10.5 Å². The number of amides is 1. The molecule has 106 valence electrons. The standard InChI is InChI=1S/C16H21N3O/c1-2-15(17)14-8-9-19(11-14)12-16(20)18-10-13-6-4-3-5-7-13/h3-9,11,15H,2,10,12,17H2,1H3,(H,18,20). The van der Waals surface area contributed by atoms with Gasteiger partial charge in [-0.2, -0.15) is 0 Å². The average Bonchev–Trinajstić information content (AvgIpc) is 2.94. The SMILES string of the molecule is CCC(N)c1ccn(CC(=O)NCc2ccccc2)c1. The number of benzene rings is 1. The second-order valence-corrected chi connectivity index (χ2v) is 4.89. The van der Waals surface area contributed by atoms with Gasteiger partial charge in [-0.25, -0.2) is 0 Å². The molecular formula is C16H21N3O. The van der Waals surface area contributed by atoms with Crippen molar-refractivity contribution >= 4 is 5.91 Å². The van der Waals surface area contributed by atoms with Crippen LogP contribution in [0.25, 0.3) is 0 Å². The summed E-state index contributed by atoms with van der Waals surface area (Å²) in [5.74, 6) is 0.000993. The summed E-state index contributed by atoms with van der Waals surface area (Å²) in [4.78, 5) is 11.9. The summed E-state index contributed by atoms with van der Waals surface area (Å²) >= 11 is 0. The minimum atomic E-state index is 0.000993. The van der Waals surface area contributed by atoms with E-state index in [4.69, 9.17) is 5.73 Å². The highest BCUT2D eigenvalue weighted by atomic mass is 16.1. The third-order valence-electron chi connectivity index (χ3n) is 3.30. The van der Waals surface area contributed by atoms with Crippen molar-refractivity contribution < 1.29 is 4.79 Å². The molecule has 0 radical (unpaired) electrons. The van der Waals surface area contributed by atoms with Crippen LogP contribution in [0.3, 0.4) is 0 Å². The molecule has 0 bridgehead atoms. The molecule has 3 N–H and O–H groups in total. The Hall–Kier alpha value is -2.07. The number of nitrogens with two attached hydrogens (primary N) is 1. The van der Waals surface area contributed by atoms with Crippen LogP contribution in [-0.2, 0) is 17.9 Å². The highest BCUT2D eigenvalue weighted by molar-refractivity contribution is 5.75. The van der Waals surface area contributed by atoms with Crippen molar-refractivity contribution in [3.63, 3.8) is 0 Å². The van der Waals surface area contributed by atoms with Gasteiger partial charge in [0.1, 0.15) is 6.54 Å². The molecule has 20 heavy (non-hydrogen) atoms. The maximum absolute atomic E-state index is 11.9. The lowest BCUT2D eigenvalue weighted by Crippen LogP contribution is -2.26. The summed E-state index contributed by atoms with van der Waals surface area (Å²) < 4.78 is 1.87. The second-order valence-electron chi connectivity index (χ2n) is 4.89. The molecular weight excluding hydrogens is 250 g/mol. The van der Waals surface area contributed by atoms with Crippen molar-refractivity contribution in [2.24, 2.45) is 5.73 Å². The lowest BCUT2D eigenvalue weighted by Gasteiger charge is -2.07. The minimum absolute atomic E-state index is 0.000993. The molecule has 0 saturated carbocycles. The Morgan fingerprint density at radius 1 is 1.30 bits per heavy atom. The molecule has 1 aromatic carbocycles. The van der Waals surface area contributed by atoms with Gasteiger partial charge in [-0.05, 0) is 23.6 Å². The Labute approximate surface area is 119 Å². The van der Waals surface area contributed by atoms with E-state index in [-0.39, 0.29) is 11.9 Å². The van der Waals surface area contributed by atoms with Crippen LogP contribution in [0, 0.1) is 0 Å². The van der Waals surface area contributed by atoms with E-state index < -0.39 is 0 Å². The minimum Gasteiger partial charge on any atom is -0.350 e. The lowest BCUT2D eigenvalue weighted by molar-refractivity contribution is -0.121.